The van der Waals surface area contributed by atoms with Crippen LogP contribution in [0.5, 0.6) is 5.75 Å². The first-order valence-electron chi connectivity index (χ1n) is 11.8. The summed E-state index contributed by atoms with van der Waals surface area (Å²) in [6.07, 6.45) is 4.37. The number of carbonyl (C=O) groups is 2. The van der Waals surface area contributed by atoms with Crippen LogP contribution in [0.1, 0.15) is 47.2 Å². The van der Waals surface area contributed by atoms with E-state index in [-0.39, 0.29) is 41.0 Å². The molecule has 3 aromatic rings. The Balaban J connectivity index is 1.61. The first-order valence-corrected chi connectivity index (χ1v) is 11.8. The van der Waals surface area contributed by atoms with Crippen molar-refractivity contribution in [3.8, 4) is 17.0 Å². The van der Waals surface area contributed by atoms with Gasteiger partial charge in [-0.25, -0.2) is 18.7 Å². The summed E-state index contributed by atoms with van der Waals surface area (Å²) in [7, 11) is 0. The Hall–Kier alpha value is -4.34. The summed E-state index contributed by atoms with van der Waals surface area (Å²) in [5.41, 5.74) is 7.85. The number of rotatable bonds is 9. The number of aromatic nitrogens is 2. The van der Waals surface area contributed by atoms with E-state index >= 15 is 0 Å². The molecule has 1 aromatic heterocycles. The number of hydrogen-bond donors (Lipinski definition) is 3. The Morgan fingerprint density at radius 1 is 1.24 bits per heavy atom. The molecule has 1 aliphatic rings. The Kier molecular flexibility index (Phi) is 7.47. The van der Waals surface area contributed by atoms with Gasteiger partial charge >= 0.3 is 0 Å². The number of ether oxygens (including phenoxy) is 1. The molecule has 0 bridgehead atoms. The largest absolute Gasteiger partial charge is 0.485 e. The van der Waals surface area contributed by atoms with Gasteiger partial charge in [-0.3, -0.25) is 9.59 Å². The molecule has 2 aromatic carbocycles. The lowest BCUT2D eigenvalue weighted by Crippen LogP contribution is -2.35. The second-order valence-electron chi connectivity index (χ2n) is 8.95. The molecule has 0 saturated heterocycles. The number of anilines is 2. The van der Waals surface area contributed by atoms with Gasteiger partial charge in [0.05, 0.1) is 11.6 Å². The van der Waals surface area contributed by atoms with Crippen molar-refractivity contribution in [2.45, 2.75) is 38.6 Å². The van der Waals surface area contributed by atoms with Crippen molar-refractivity contribution in [2.75, 3.05) is 17.7 Å². The van der Waals surface area contributed by atoms with Crippen molar-refractivity contribution in [3.05, 3.63) is 77.6 Å². The predicted octanol–water partition coefficient (Wildman–Crippen LogP) is 4.51. The summed E-state index contributed by atoms with van der Waals surface area (Å²) in [4.78, 5) is 32.6. The third-order valence-corrected chi connectivity index (χ3v) is 6.05. The third kappa shape index (κ3) is 5.91. The summed E-state index contributed by atoms with van der Waals surface area (Å²) >= 11 is 0. The van der Waals surface area contributed by atoms with Gasteiger partial charge in [-0.1, -0.05) is 12.6 Å². The first kappa shape index (κ1) is 25.7. The Labute approximate surface area is 213 Å². The summed E-state index contributed by atoms with van der Waals surface area (Å²) in [5.74, 6) is -1.91. The fourth-order valence-corrected chi connectivity index (χ4v) is 3.90. The standard InChI is InChI=1S/C27H27F2N5O3/c1-4-23(35)33-14(2)12-37-25-24(31-13-32-26(25)30)20-10-18(28)11-22(15(20)3)34-27(36)19-8-7-17(9-21(19)29)16-5-6-16/h4,7-11,13-14,16H,1,5-6,12H2,2-3H3,(H,33,35)(H,34,36)(H2,30,31,32). The molecule has 37 heavy (non-hydrogen) atoms. The van der Waals surface area contributed by atoms with Gasteiger partial charge in [0, 0.05) is 11.3 Å². The van der Waals surface area contributed by atoms with Gasteiger partial charge < -0.3 is 21.1 Å². The molecule has 0 spiro atoms. The summed E-state index contributed by atoms with van der Waals surface area (Å²) in [6, 6.07) is 6.53. The molecule has 1 atom stereocenters. The fraction of sp³-hybridized carbons (Fsp3) is 0.259. The number of hydrogen-bond acceptors (Lipinski definition) is 6. The normalized spacial score (nSPS) is 13.5. The Morgan fingerprint density at radius 3 is 2.68 bits per heavy atom. The van der Waals surface area contributed by atoms with Crippen LogP contribution in [0.15, 0.2) is 49.3 Å². The summed E-state index contributed by atoms with van der Waals surface area (Å²) < 4.78 is 35.2. The monoisotopic (exact) mass is 507 g/mol. The van der Waals surface area contributed by atoms with Crippen molar-refractivity contribution >= 4 is 23.3 Å². The molecular formula is C27H27F2N5O3. The molecule has 4 N–H and O–H groups in total. The summed E-state index contributed by atoms with van der Waals surface area (Å²) in [5, 5.41) is 5.26. The maximum Gasteiger partial charge on any atom is 0.258 e. The molecule has 0 radical (unpaired) electrons. The maximum atomic E-state index is 14.7. The molecule has 2 amide bonds. The molecule has 1 heterocycles. The number of benzene rings is 2. The first-order chi connectivity index (χ1) is 17.7. The molecule has 1 fully saturated rings. The zero-order valence-corrected chi connectivity index (χ0v) is 20.5. The van der Waals surface area contributed by atoms with Crippen molar-refractivity contribution in [1.82, 2.24) is 15.3 Å². The van der Waals surface area contributed by atoms with E-state index in [0.29, 0.717) is 17.0 Å². The maximum absolute atomic E-state index is 14.7. The van der Waals surface area contributed by atoms with Crippen LogP contribution in [0.3, 0.4) is 0 Å². The van der Waals surface area contributed by atoms with Crippen molar-refractivity contribution in [1.29, 1.82) is 0 Å². The molecule has 1 aliphatic carbocycles. The molecular weight excluding hydrogens is 480 g/mol. The van der Waals surface area contributed by atoms with Crippen LogP contribution in [0.4, 0.5) is 20.3 Å². The van der Waals surface area contributed by atoms with E-state index in [4.69, 9.17) is 10.5 Å². The Morgan fingerprint density at radius 2 is 2.00 bits per heavy atom. The SMILES string of the molecule is C=CC(=O)NC(C)COc1c(N)ncnc1-c1cc(F)cc(NC(=O)c2ccc(C3CC3)cc2F)c1C. The van der Waals surface area contributed by atoms with Gasteiger partial charge in [0.15, 0.2) is 11.6 Å². The second kappa shape index (κ2) is 10.7. The van der Waals surface area contributed by atoms with Crippen LogP contribution in [-0.2, 0) is 4.79 Å². The average Bonchev–Trinajstić information content (AvgIpc) is 3.70. The van der Waals surface area contributed by atoms with E-state index in [1.54, 1.807) is 19.9 Å². The summed E-state index contributed by atoms with van der Waals surface area (Å²) in [6.45, 7) is 6.81. The molecule has 10 heteroatoms. The highest BCUT2D eigenvalue weighted by Gasteiger charge is 2.25. The van der Waals surface area contributed by atoms with Gasteiger partial charge in [-0.2, -0.15) is 0 Å². The smallest absolute Gasteiger partial charge is 0.258 e. The molecule has 192 valence electrons. The quantitative estimate of drug-likeness (QED) is 0.367. The predicted molar refractivity (Wildman–Crippen MR) is 136 cm³/mol. The number of halogens is 2. The number of carbonyl (C=O) groups excluding carboxylic acids is 2. The van der Waals surface area contributed by atoms with E-state index in [1.165, 1.54) is 24.5 Å². The highest BCUT2D eigenvalue weighted by atomic mass is 19.1. The number of nitrogens with two attached hydrogens (primary N) is 1. The lowest BCUT2D eigenvalue weighted by molar-refractivity contribution is -0.117. The van der Waals surface area contributed by atoms with Gasteiger partial charge in [0.25, 0.3) is 5.91 Å². The number of nitrogens with one attached hydrogen (secondary N) is 2. The van der Waals surface area contributed by atoms with Crippen LogP contribution < -0.4 is 21.1 Å². The number of nitrogen functional groups attached to an aromatic ring is 1. The lowest BCUT2D eigenvalue weighted by Gasteiger charge is -2.18. The van der Waals surface area contributed by atoms with Gasteiger partial charge in [0.1, 0.15) is 30.3 Å². The van der Waals surface area contributed by atoms with Crippen molar-refractivity contribution in [2.24, 2.45) is 0 Å². The van der Waals surface area contributed by atoms with Crippen LogP contribution in [0.2, 0.25) is 0 Å². The zero-order chi connectivity index (χ0) is 26.7. The topological polar surface area (TPSA) is 119 Å². The van der Waals surface area contributed by atoms with E-state index in [9.17, 15) is 18.4 Å². The minimum atomic E-state index is -0.704. The van der Waals surface area contributed by atoms with Gasteiger partial charge in [0.2, 0.25) is 5.91 Å². The van der Waals surface area contributed by atoms with Crippen LogP contribution >= 0.6 is 0 Å². The third-order valence-electron chi connectivity index (χ3n) is 6.05. The molecule has 1 unspecified atom stereocenters. The van der Waals surface area contributed by atoms with E-state index in [2.05, 4.69) is 27.2 Å². The minimum absolute atomic E-state index is 0.0133. The fourth-order valence-electron chi connectivity index (χ4n) is 3.90. The minimum Gasteiger partial charge on any atom is -0.485 e. The average molecular weight is 508 g/mol. The van der Waals surface area contributed by atoms with E-state index < -0.39 is 23.6 Å². The van der Waals surface area contributed by atoms with E-state index in [0.717, 1.165) is 30.5 Å². The van der Waals surface area contributed by atoms with Crippen molar-refractivity contribution < 1.29 is 23.1 Å². The van der Waals surface area contributed by atoms with Crippen LogP contribution in [-0.4, -0.2) is 34.4 Å². The van der Waals surface area contributed by atoms with E-state index in [1.807, 2.05) is 0 Å². The Bertz CT molecular complexity index is 1370. The highest BCUT2D eigenvalue weighted by Crippen LogP contribution is 2.40. The van der Waals surface area contributed by atoms with Crippen LogP contribution in [0.25, 0.3) is 11.3 Å². The lowest BCUT2D eigenvalue weighted by atomic mass is 10.0. The van der Waals surface area contributed by atoms with Crippen molar-refractivity contribution in [3.63, 3.8) is 0 Å². The second-order valence-corrected chi connectivity index (χ2v) is 8.95. The van der Waals surface area contributed by atoms with Gasteiger partial charge in [-0.05, 0) is 74.1 Å². The van der Waals surface area contributed by atoms with Crippen LogP contribution in [0, 0.1) is 18.6 Å². The number of nitrogens with zero attached hydrogens (tertiary/aromatic N) is 2. The molecule has 1 saturated carbocycles. The molecule has 0 aliphatic heterocycles. The molecule has 4 rings (SSSR count). The zero-order valence-electron chi connectivity index (χ0n) is 20.5. The van der Waals surface area contributed by atoms with Gasteiger partial charge in [-0.15, -0.1) is 0 Å². The molecule has 8 nitrogen and oxygen atoms in total. The highest BCUT2D eigenvalue weighted by molar-refractivity contribution is 6.05. The number of amides is 2.